The summed E-state index contributed by atoms with van der Waals surface area (Å²) in [4.78, 5) is 32.2. The summed E-state index contributed by atoms with van der Waals surface area (Å²) >= 11 is 0. The number of nitrogens with one attached hydrogen (secondary N) is 2. The third-order valence-electron chi connectivity index (χ3n) is 8.90. The molecule has 3 atom stereocenters. The SMILES string of the molecule is CCC1CCCOCCCn2c(cc3ccc(C(=O)NC4=Nc5ccccc5C(C)C(CCCNC)C4)cc32)C1=O. The van der Waals surface area contributed by atoms with Gasteiger partial charge in [0.2, 0.25) is 0 Å². The largest absolute Gasteiger partial charge is 0.381 e. The molecule has 7 heteroatoms. The summed E-state index contributed by atoms with van der Waals surface area (Å²) < 4.78 is 7.92. The van der Waals surface area contributed by atoms with Crippen LogP contribution in [0.4, 0.5) is 5.69 Å². The smallest absolute Gasteiger partial charge is 0.256 e. The number of hydrogen-bond acceptors (Lipinski definition) is 5. The zero-order valence-corrected chi connectivity index (χ0v) is 24.7. The molecule has 0 saturated carbocycles. The fraction of sp³-hybridized carbons (Fsp3) is 0.500. The number of hydrogen-bond donors (Lipinski definition) is 2. The predicted molar refractivity (Wildman–Crippen MR) is 165 cm³/mol. The first kappa shape index (κ1) is 29.2. The first-order valence-corrected chi connectivity index (χ1v) is 15.4. The van der Waals surface area contributed by atoms with Crippen LogP contribution in [0.3, 0.4) is 0 Å². The highest BCUT2D eigenvalue weighted by molar-refractivity contribution is 6.09. The predicted octanol–water partition coefficient (Wildman–Crippen LogP) is 6.63. The summed E-state index contributed by atoms with van der Waals surface area (Å²) in [7, 11) is 1.98. The third kappa shape index (κ3) is 6.62. The van der Waals surface area contributed by atoms with Gasteiger partial charge in [0.05, 0.1) is 11.4 Å². The number of carbonyl (C=O) groups is 2. The summed E-state index contributed by atoms with van der Waals surface area (Å²) in [6.45, 7) is 7.38. The lowest BCUT2D eigenvalue weighted by Gasteiger charge is -2.23. The first-order valence-electron chi connectivity index (χ1n) is 15.4. The van der Waals surface area contributed by atoms with Gasteiger partial charge in [-0.1, -0.05) is 38.1 Å². The van der Waals surface area contributed by atoms with Crippen molar-refractivity contribution in [1.29, 1.82) is 0 Å². The lowest BCUT2D eigenvalue weighted by molar-refractivity contribution is 0.0886. The molecule has 0 radical (unpaired) electrons. The van der Waals surface area contributed by atoms with Crippen LogP contribution in [0.25, 0.3) is 10.9 Å². The van der Waals surface area contributed by atoms with Gasteiger partial charge in [0.15, 0.2) is 5.78 Å². The summed E-state index contributed by atoms with van der Waals surface area (Å²) in [5.74, 6) is 1.47. The topological polar surface area (TPSA) is 84.7 Å². The van der Waals surface area contributed by atoms with Crippen LogP contribution in [-0.4, -0.2) is 48.9 Å². The van der Waals surface area contributed by atoms with E-state index in [1.165, 1.54) is 5.56 Å². The van der Waals surface area contributed by atoms with Crippen LogP contribution in [0.15, 0.2) is 53.5 Å². The number of nitrogens with zero attached hydrogens (tertiary/aromatic N) is 2. The molecule has 0 saturated heterocycles. The van der Waals surface area contributed by atoms with Crippen molar-refractivity contribution >= 4 is 34.1 Å². The zero-order chi connectivity index (χ0) is 28.8. The summed E-state index contributed by atoms with van der Waals surface area (Å²) in [6, 6.07) is 16.0. The van der Waals surface area contributed by atoms with Crippen molar-refractivity contribution in [3.63, 3.8) is 0 Å². The third-order valence-corrected chi connectivity index (χ3v) is 8.90. The van der Waals surface area contributed by atoms with Gasteiger partial charge in [-0.25, -0.2) is 4.99 Å². The van der Waals surface area contributed by atoms with Gasteiger partial charge in [-0.05, 0) is 93.8 Å². The van der Waals surface area contributed by atoms with E-state index in [4.69, 9.17) is 9.73 Å². The van der Waals surface area contributed by atoms with Crippen molar-refractivity contribution in [1.82, 2.24) is 15.2 Å². The van der Waals surface area contributed by atoms with Crippen LogP contribution < -0.4 is 10.6 Å². The lowest BCUT2D eigenvalue weighted by atomic mass is 9.82. The number of Topliss-reactive ketones (excluding diaryl/α,β-unsaturated/α-hetero) is 1. The van der Waals surface area contributed by atoms with E-state index in [0.717, 1.165) is 73.8 Å². The highest BCUT2D eigenvalue weighted by Gasteiger charge is 2.28. The van der Waals surface area contributed by atoms with Crippen LogP contribution in [0.1, 0.15) is 91.1 Å². The lowest BCUT2D eigenvalue weighted by Crippen LogP contribution is -2.32. The normalized spacial score (nSPS) is 21.8. The van der Waals surface area contributed by atoms with Gasteiger partial charge in [0.25, 0.3) is 5.91 Å². The zero-order valence-electron chi connectivity index (χ0n) is 24.7. The van der Waals surface area contributed by atoms with E-state index in [-0.39, 0.29) is 17.6 Å². The fourth-order valence-electron chi connectivity index (χ4n) is 6.45. The van der Waals surface area contributed by atoms with Crippen molar-refractivity contribution in [2.24, 2.45) is 16.8 Å². The number of rotatable bonds is 6. The van der Waals surface area contributed by atoms with E-state index in [1.54, 1.807) is 0 Å². The van der Waals surface area contributed by atoms with Crippen molar-refractivity contribution in [2.75, 3.05) is 26.8 Å². The molecule has 218 valence electrons. The minimum absolute atomic E-state index is 0.0119. The highest BCUT2D eigenvalue weighted by atomic mass is 16.5. The van der Waals surface area contributed by atoms with Gasteiger partial charge < -0.3 is 19.9 Å². The number of amidine groups is 1. The molecule has 1 amide bonds. The molecule has 7 nitrogen and oxygen atoms in total. The Labute approximate surface area is 243 Å². The molecule has 3 unspecified atom stereocenters. The Morgan fingerprint density at radius 2 is 1.95 bits per heavy atom. The number of aliphatic imine (C=N–C) groups is 1. The quantitative estimate of drug-likeness (QED) is 0.334. The molecule has 5 rings (SSSR count). The van der Waals surface area contributed by atoms with Gasteiger partial charge in [0, 0.05) is 48.6 Å². The maximum atomic E-state index is 13.7. The van der Waals surface area contributed by atoms with Gasteiger partial charge in [-0.15, -0.1) is 0 Å². The molecule has 2 aromatic carbocycles. The molecular formula is C34H44N4O3. The van der Waals surface area contributed by atoms with Crippen molar-refractivity contribution in [2.45, 2.75) is 71.3 Å². The molecule has 3 aromatic rings. The molecule has 0 bridgehead atoms. The number of aryl methyl sites for hydroxylation is 1. The number of carbonyl (C=O) groups excluding carboxylic acids is 2. The van der Waals surface area contributed by atoms with Crippen molar-refractivity contribution in [3.05, 3.63) is 65.4 Å². The van der Waals surface area contributed by atoms with E-state index >= 15 is 0 Å². The van der Waals surface area contributed by atoms with E-state index in [0.29, 0.717) is 43.0 Å². The second kappa shape index (κ2) is 13.6. The van der Waals surface area contributed by atoms with Crippen LogP contribution in [0.5, 0.6) is 0 Å². The summed E-state index contributed by atoms with van der Waals surface area (Å²) in [5.41, 5.74) is 4.41. The molecule has 3 heterocycles. The maximum Gasteiger partial charge on any atom is 0.256 e. The minimum atomic E-state index is -0.167. The first-order chi connectivity index (χ1) is 20.0. The monoisotopic (exact) mass is 556 g/mol. The number of aromatic nitrogens is 1. The Hall–Kier alpha value is -3.29. The summed E-state index contributed by atoms with van der Waals surface area (Å²) in [6.07, 6.45) is 6.23. The van der Waals surface area contributed by atoms with Gasteiger partial charge in [-0.3, -0.25) is 9.59 Å². The molecule has 0 spiro atoms. The number of amides is 1. The Morgan fingerprint density at radius 1 is 1.12 bits per heavy atom. The molecule has 2 aliphatic heterocycles. The Bertz CT molecular complexity index is 1410. The van der Waals surface area contributed by atoms with Crippen LogP contribution >= 0.6 is 0 Å². The Morgan fingerprint density at radius 3 is 2.78 bits per heavy atom. The van der Waals surface area contributed by atoms with E-state index in [1.807, 2.05) is 43.4 Å². The van der Waals surface area contributed by atoms with E-state index < -0.39 is 0 Å². The van der Waals surface area contributed by atoms with E-state index in [9.17, 15) is 9.59 Å². The average molecular weight is 557 g/mol. The molecule has 0 fully saturated rings. The van der Waals surface area contributed by atoms with E-state index in [2.05, 4.69) is 41.2 Å². The molecule has 0 aliphatic carbocycles. The number of fused-ring (bicyclic) bond motifs is 4. The fourth-order valence-corrected chi connectivity index (χ4v) is 6.45. The second-order valence-electron chi connectivity index (χ2n) is 11.6. The molecule has 2 N–H and O–H groups in total. The summed E-state index contributed by atoms with van der Waals surface area (Å²) in [5, 5.41) is 7.40. The number of para-hydroxylation sites is 1. The average Bonchev–Trinajstić information content (AvgIpc) is 3.27. The van der Waals surface area contributed by atoms with Crippen molar-refractivity contribution < 1.29 is 14.3 Å². The Balaban J connectivity index is 1.43. The van der Waals surface area contributed by atoms with Crippen LogP contribution in [0, 0.1) is 11.8 Å². The molecule has 41 heavy (non-hydrogen) atoms. The Kier molecular flexibility index (Phi) is 9.68. The van der Waals surface area contributed by atoms with Crippen LogP contribution in [-0.2, 0) is 11.3 Å². The second-order valence-corrected chi connectivity index (χ2v) is 11.6. The molecule has 1 aromatic heterocycles. The van der Waals surface area contributed by atoms with Crippen molar-refractivity contribution in [3.8, 4) is 0 Å². The number of ether oxygens (including phenoxy) is 1. The standard InChI is InChI=1S/C34H44N4O3/c1-4-24-11-8-18-41-19-9-17-38-30-21-27(15-14-26(30)20-31(38)33(24)39)34(40)37-32-22-25(10-7-16-35-3)23(2)28-12-5-6-13-29(28)36-32/h5-6,12-15,20-21,23-25,35H,4,7-11,16-19,22H2,1-3H3,(H,36,37,40). The van der Waals surface area contributed by atoms with Crippen LogP contribution in [0.2, 0.25) is 0 Å². The van der Waals surface area contributed by atoms with Gasteiger partial charge >= 0.3 is 0 Å². The number of benzene rings is 2. The minimum Gasteiger partial charge on any atom is -0.381 e. The number of ketones is 1. The molecule has 2 aliphatic rings. The highest BCUT2D eigenvalue weighted by Crippen LogP contribution is 2.38. The van der Waals surface area contributed by atoms with Gasteiger partial charge in [-0.2, -0.15) is 0 Å². The van der Waals surface area contributed by atoms with Gasteiger partial charge in [0.1, 0.15) is 5.84 Å². The maximum absolute atomic E-state index is 13.7. The molecular weight excluding hydrogens is 512 g/mol.